The van der Waals surface area contributed by atoms with Gasteiger partial charge in [-0.05, 0) is 18.2 Å². The van der Waals surface area contributed by atoms with Gasteiger partial charge in [0, 0.05) is 18.1 Å². The number of nitrogens with one attached hydrogen (secondary N) is 1. The second-order valence-electron chi connectivity index (χ2n) is 5.90. The van der Waals surface area contributed by atoms with Crippen LogP contribution in [-0.2, 0) is 11.3 Å². The van der Waals surface area contributed by atoms with Crippen molar-refractivity contribution in [2.75, 3.05) is 7.11 Å². The van der Waals surface area contributed by atoms with Crippen LogP contribution in [0.1, 0.15) is 27.9 Å². The first-order chi connectivity index (χ1) is 12.7. The molecule has 0 unspecified atom stereocenters. The van der Waals surface area contributed by atoms with Crippen molar-refractivity contribution < 1.29 is 13.9 Å². The maximum absolute atomic E-state index is 13.1. The number of para-hydroxylation sites is 3. The van der Waals surface area contributed by atoms with Crippen LogP contribution in [0.15, 0.2) is 52.9 Å². The highest BCUT2D eigenvalue weighted by Crippen LogP contribution is 2.30. The number of methoxy groups -OCH3 is 1. The fourth-order valence-electron chi connectivity index (χ4n) is 3.07. The van der Waals surface area contributed by atoms with Crippen molar-refractivity contribution in [1.82, 2.24) is 9.97 Å². The molecular weight excluding hydrogens is 330 g/mol. The van der Waals surface area contributed by atoms with Crippen LogP contribution in [0.5, 0.6) is 0 Å². The Morgan fingerprint density at radius 3 is 2.81 bits per heavy atom. The van der Waals surface area contributed by atoms with E-state index in [1.807, 2.05) is 48.5 Å². The van der Waals surface area contributed by atoms with Crippen LogP contribution in [-0.4, -0.2) is 22.9 Å². The summed E-state index contributed by atoms with van der Waals surface area (Å²) in [5.74, 6) is -1.07. The number of benzene rings is 2. The SMILES string of the molecule is COCc1c(C(=O)[C@@H](C#N)c2nc3ccccc3[nH]2)oc2ccccc12. The van der Waals surface area contributed by atoms with Crippen LogP contribution in [0.3, 0.4) is 0 Å². The molecule has 0 saturated heterocycles. The summed E-state index contributed by atoms with van der Waals surface area (Å²) in [6.07, 6.45) is 0. The molecule has 2 aromatic carbocycles. The molecule has 0 spiro atoms. The Morgan fingerprint density at radius 2 is 2.04 bits per heavy atom. The molecule has 0 radical (unpaired) electrons. The summed E-state index contributed by atoms with van der Waals surface area (Å²) in [7, 11) is 1.55. The lowest BCUT2D eigenvalue weighted by atomic mass is 9.99. The van der Waals surface area contributed by atoms with Gasteiger partial charge in [-0.25, -0.2) is 4.98 Å². The van der Waals surface area contributed by atoms with Crippen molar-refractivity contribution in [3.63, 3.8) is 0 Å². The number of rotatable bonds is 5. The minimum Gasteiger partial charge on any atom is -0.453 e. The number of ether oxygens (including phenoxy) is 1. The molecule has 26 heavy (non-hydrogen) atoms. The van der Waals surface area contributed by atoms with E-state index >= 15 is 0 Å². The molecule has 2 aromatic heterocycles. The average molecular weight is 345 g/mol. The molecule has 1 atom stereocenters. The van der Waals surface area contributed by atoms with Crippen molar-refractivity contribution in [1.29, 1.82) is 5.26 Å². The molecule has 1 N–H and O–H groups in total. The highest BCUT2D eigenvalue weighted by Gasteiger charge is 2.30. The van der Waals surface area contributed by atoms with Gasteiger partial charge in [0.25, 0.3) is 0 Å². The van der Waals surface area contributed by atoms with Gasteiger partial charge in [-0.3, -0.25) is 4.79 Å². The Morgan fingerprint density at radius 1 is 1.27 bits per heavy atom. The van der Waals surface area contributed by atoms with Crippen molar-refractivity contribution in [2.45, 2.75) is 12.5 Å². The fourth-order valence-corrected chi connectivity index (χ4v) is 3.07. The van der Waals surface area contributed by atoms with Gasteiger partial charge in [0.2, 0.25) is 5.78 Å². The van der Waals surface area contributed by atoms with E-state index in [0.717, 1.165) is 10.9 Å². The zero-order valence-electron chi connectivity index (χ0n) is 14.0. The molecule has 128 valence electrons. The summed E-state index contributed by atoms with van der Waals surface area (Å²) < 4.78 is 11.0. The van der Waals surface area contributed by atoms with Crippen LogP contribution in [0, 0.1) is 11.3 Å². The Hall–Kier alpha value is -3.43. The smallest absolute Gasteiger partial charge is 0.223 e. The first kappa shape index (κ1) is 16.1. The summed E-state index contributed by atoms with van der Waals surface area (Å²) >= 11 is 0. The normalized spacial score (nSPS) is 12.3. The highest BCUT2D eigenvalue weighted by atomic mass is 16.5. The first-order valence-electron chi connectivity index (χ1n) is 8.10. The molecule has 6 nitrogen and oxygen atoms in total. The number of hydrogen-bond donors (Lipinski definition) is 1. The number of imidazole rings is 1. The molecule has 0 saturated carbocycles. The third kappa shape index (κ3) is 2.55. The van der Waals surface area contributed by atoms with E-state index in [4.69, 9.17) is 9.15 Å². The third-order valence-corrected chi connectivity index (χ3v) is 4.28. The highest BCUT2D eigenvalue weighted by molar-refractivity contribution is 6.05. The Labute approximate surface area is 149 Å². The average Bonchev–Trinajstić information content (AvgIpc) is 3.24. The molecule has 0 aliphatic carbocycles. The molecule has 2 heterocycles. The molecule has 6 heteroatoms. The molecule has 0 fully saturated rings. The van der Waals surface area contributed by atoms with E-state index in [0.29, 0.717) is 22.5 Å². The second kappa shape index (κ2) is 6.47. The summed E-state index contributed by atoms with van der Waals surface area (Å²) in [4.78, 5) is 20.5. The number of fused-ring (bicyclic) bond motifs is 2. The van der Waals surface area contributed by atoms with Gasteiger partial charge in [0.1, 0.15) is 11.4 Å². The number of aromatic amines is 1. The van der Waals surface area contributed by atoms with Gasteiger partial charge < -0.3 is 14.1 Å². The van der Waals surface area contributed by atoms with Gasteiger partial charge >= 0.3 is 0 Å². The third-order valence-electron chi connectivity index (χ3n) is 4.28. The predicted octanol–water partition coefficient (Wildman–Crippen LogP) is 3.95. The summed E-state index contributed by atoms with van der Waals surface area (Å²) in [6, 6.07) is 16.8. The van der Waals surface area contributed by atoms with Crippen molar-refractivity contribution >= 4 is 27.8 Å². The Kier molecular flexibility index (Phi) is 3.99. The number of aromatic nitrogens is 2. The van der Waals surface area contributed by atoms with Gasteiger partial charge in [-0.1, -0.05) is 30.3 Å². The van der Waals surface area contributed by atoms with E-state index in [1.165, 1.54) is 0 Å². The predicted molar refractivity (Wildman–Crippen MR) is 95.7 cm³/mol. The Balaban J connectivity index is 1.81. The molecule has 0 aliphatic heterocycles. The maximum Gasteiger partial charge on any atom is 0.223 e. The lowest BCUT2D eigenvalue weighted by molar-refractivity contribution is 0.0945. The number of hydrogen-bond acceptors (Lipinski definition) is 5. The van der Waals surface area contributed by atoms with Gasteiger partial charge in [0.05, 0.1) is 23.7 Å². The number of ketones is 1. The van der Waals surface area contributed by atoms with Crippen LogP contribution in [0.2, 0.25) is 0 Å². The van der Waals surface area contributed by atoms with E-state index < -0.39 is 11.7 Å². The molecule has 4 aromatic rings. The van der Waals surface area contributed by atoms with E-state index in [9.17, 15) is 10.1 Å². The standard InChI is InChI=1S/C20H15N3O3/c1-25-11-14-12-6-2-5-9-17(12)26-19(14)18(24)13(10-21)20-22-15-7-3-4-8-16(15)23-20/h2-9,13H,11H2,1H3,(H,22,23)/t13-/m1/s1. The summed E-state index contributed by atoms with van der Waals surface area (Å²) in [5, 5.41) is 10.4. The Bertz CT molecular complexity index is 1120. The lowest BCUT2D eigenvalue weighted by Crippen LogP contribution is -2.14. The largest absolute Gasteiger partial charge is 0.453 e. The first-order valence-corrected chi connectivity index (χ1v) is 8.10. The monoisotopic (exact) mass is 345 g/mol. The minimum atomic E-state index is -1.08. The summed E-state index contributed by atoms with van der Waals surface area (Å²) in [5.41, 5.74) is 2.71. The molecule has 0 bridgehead atoms. The quantitative estimate of drug-likeness (QED) is 0.553. The van der Waals surface area contributed by atoms with Crippen molar-refractivity contribution in [3.05, 3.63) is 65.7 Å². The zero-order chi connectivity index (χ0) is 18.1. The van der Waals surface area contributed by atoms with Gasteiger partial charge in [-0.2, -0.15) is 5.26 Å². The number of H-pyrrole nitrogens is 1. The zero-order valence-corrected chi connectivity index (χ0v) is 14.0. The molecular formula is C20H15N3O3. The number of carbonyl (C=O) groups is 1. The van der Waals surface area contributed by atoms with Crippen LogP contribution < -0.4 is 0 Å². The van der Waals surface area contributed by atoms with Gasteiger partial charge in [0.15, 0.2) is 11.7 Å². The van der Waals surface area contributed by atoms with E-state index in [-0.39, 0.29) is 12.4 Å². The maximum atomic E-state index is 13.1. The fraction of sp³-hybridized carbons (Fsp3) is 0.150. The summed E-state index contributed by atoms with van der Waals surface area (Å²) in [6.45, 7) is 0.219. The minimum absolute atomic E-state index is 0.139. The number of nitriles is 1. The van der Waals surface area contributed by atoms with Crippen LogP contribution in [0.25, 0.3) is 22.0 Å². The number of nitrogens with zero attached hydrogens (tertiary/aromatic N) is 2. The van der Waals surface area contributed by atoms with E-state index in [1.54, 1.807) is 13.2 Å². The molecule has 0 aliphatic rings. The number of carbonyl (C=O) groups excluding carboxylic acids is 1. The van der Waals surface area contributed by atoms with Gasteiger partial charge in [-0.15, -0.1) is 0 Å². The molecule has 0 amide bonds. The van der Waals surface area contributed by atoms with Crippen molar-refractivity contribution in [2.24, 2.45) is 0 Å². The van der Waals surface area contributed by atoms with Crippen LogP contribution >= 0.6 is 0 Å². The van der Waals surface area contributed by atoms with Crippen LogP contribution in [0.4, 0.5) is 0 Å². The van der Waals surface area contributed by atoms with E-state index in [2.05, 4.69) is 9.97 Å². The topological polar surface area (TPSA) is 91.9 Å². The second-order valence-corrected chi connectivity index (χ2v) is 5.90. The molecule has 4 rings (SSSR count). The lowest BCUT2D eigenvalue weighted by Gasteiger charge is -2.05. The number of furan rings is 1. The van der Waals surface area contributed by atoms with Crippen molar-refractivity contribution in [3.8, 4) is 6.07 Å². The number of Topliss-reactive ketones (excluding diaryl/α,β-unsaturated/α-hetero) is 1.